The number of amides is 2. The highest BCUT2D eigenvalue weighted by Crippen LogP contribution is 2.19. The van der Waals surface area contributed by atoms with Gasteiger partial charge in [0.1, 0.15) is 13.1 Å². The lowest BCUT2D eigenvalue weighted by Crippen LogP contribution is -2.47. The molecule has 0 saturated carbocycles. The summed E-state index contributed by atoms with van der Waals surface area (Å²) in [5, 5.41) is 17.4. The van der Waals surface area contributed by atoms with Crippen molar-refractivity contribution in [2.75, 3.05) is 32.8 Å². The van der Waals surface area contributed by atoms with E-state index in [4.69, 9.17) is 15.3 Å². The van der Waals surface area contributed by atoms with E-state index >= 15 is 0 Å². The van der Waals surface area contributed by atoms with Crippen molar-refractivity contribution in [2.24, 2.45) is 5.92 Å². The molecule has 1 aliphatic rings. The molecule has 0 aromatic carbocycles. The average Bonchev–Trinajstić information content (AvgIpc) is 2.46. The van der Waals surface area contributed by atoms with Gasteiger partial charge in [-0.15, -0.1) is 0 Å². The summed E-state index contributed by atoms with van der Waals surface area (Å²) in [5.41, 5.74) is 0. The highest BCUT2D eigenvalue weighted by atomic mass is 16.6. The highest BCUT2D eigenvalue weighted by Gasteiger charge is 2.31. The molecule has 0 bridgehead atoms. The molecule has 2 amide bonds. The molecule has 1 fully saturated rings. The Morgan fingerprint density at radius 2 is 2.00 bits per heavy atom. The Morgan fingerprint density at radius 1 is 1.35 bits per heavy atom. The van der Waals surface area contributed by atoms with Gasteiger partial charge in [0.25, 0.3) is 0 Å². The number of piperidine rings is 1. The first-order valence-corrected chi connectivity index (χ1v) is 6.58. The van der Waals surface area contributed by atoms with Crippen molar-refractivity contribution in [1.29, 1.82) is 10.5 Å². The molecular formula is C13H18N4O3. The van der Waals surface area contributed by atoms with E-state index in [9.17, 15) is 9.59 Å². The maximum Gasteiger partial charge on any atom is 0.409 e. The van der Waals surface area contributed by atoms with Crippen LogP contribution in [0, 0.1) is 28.6 Å². The van der Waals surface area contributed by atoms with Crippen molar-refractivity contribution in [2.45, 2.75) is 19.8 Å². The Bertz CT molecular complexity index is 422. The predicted molar refractivity (Wildman–Crippen MR) is 69.1 cm³/mol. The first-order valence-electron chi connectivity index (χ1n) is 6.58. The fraction of sp³-hybridized carbons (Fsp3) is 0.692. The molecule has 0 aromatic rings. The number of likely N-dealkylation sites (tertiary alicyclic amines) is 1. The lowest BCUT2D eigenvalue weighted by Gasteiger charge is -2.33. The number of ether oxygens (including phenoxy) is 1. The van der Waals surface area contributed by atoms with Crippen molar-refractivity contribution in [3.63, 3.8) is 0 Å². The quantitative estimate of drug-likeness (QED) is 0.706. The number of carbonyl (C=O) groups is 2. The van der Waals surface area contributed by atoms with Crippen LogP contribution in [-0.4, -0.2) is 54.6 Å². The third-order valence-electron chi connectivity index (χ3n) is 3.13. The molecule has 7 heteroatoms. The second kappa shape index (κ2) is 8.00. The van der Waals surface area contributed by atoms with Crippen molar-refractivity contribution in [1.82, 2.24) is 9.80 Å². The van der Waals surface area contributed by atoms with Crippen molar-refractivity contribution in [3.05, 3.63) is 0 Å². The largest absolute Gasteiger partial charge is 0.450 e. The van der Waals surface area contributed by atoms with E-state index in [-0.39, 0.29) is 31.5 Å². The van der Waals surface area contributed by atoms with Crippen molar-refractivity contribution in [3.8, 4) is 12.1 Å². The highest BCUT2D eigenvalue weighted by molar-refractivity contribution is 5.80. The van der Waals surface area contributed by atoms with E-state index in [2.05, 4.69) is 0 Å². The number of hydrogen-bond acceptors (Lipinski definition) is 5. The summed E-state index contributed by atoms with van der Waals surface area (Å²) in [7, 11) is 0. The molecule has 1 unspecified atom stereocenters. The van der Waals surface area contributed by atoms with Crippen LogP contribution in [0.3, 0.4) is 0 Å². The number of hydrogen-bond donors (Lipinski definition) is 0. The van der Waals surface area contributed by atoms with E-state index in [0.29, 0.717) is 26.0 Å². The van der Waals surface area contributed by atoms with Crippen molar-refractivity contribution < 1.29 is 14.3 Å². The van der Waals surface area contributed by atoms with Gasteiger partial charge in [0.2, 0.25) is 5.91 Å². The second-order valence-corrected chi connectivity index (χ2v) is 4.49. The third kappa shape index (κ3) is 4.13. The normalized spacial score (nSPS) is 17.8. The van der Waals surface area contributed by atoms with Gasteiger partial charge in [0, 0.05) is 13.1 Å². The Morgan fingerprint density at radius 3 is 2.55 bits per heavy atom. The zero-order valence-electron chi connectivity index (χ0n) is 11.5. The molecule has 1 atom stereocenters. The molecule has 0 spiro atoms. The standard InChI is InChI=1S/C13H18N4O3/c1-2-20-13(19)17-7-3-4-11(10-17)12(18)16(8-5-14)9-6-15/h11H,2-4,7-10H2,1H3. The Labute approximate surface area is 118 Å². The van der Waals surface area contributed by atoms with Gasteiger partial charge in [-0.25, -0.2) is 4.79 Å². The zero-order valence-corrected chi connectivity index (χ0v) is 11.5. The average molecular weight is 278 g/mol. The first-order chi connectivity index (χ1) is 9.63. The fourth-order valence-corrected chi connectivity index (χ4v) is 2.20. The second-order valence-electron chi connectivity index (χ2n) is 4.49. The van der Waals surface area contributed by atoms with Crippen LogP contribution in [-0.2, 0) is 9.53 Å². The molecule has 0 N–H and O–H groups in total. The van der Waals surface area contributed by atoms with Gasteiger partial charge < -0.3 is 14.5 Å². The van der Waals surface area contributed by atoms with E-state index in [1.54, 1.807) is 6.92 Å². The molecule has 20 heavy (non-hydrogen) atoms. The van der Waals surface area contributed by atoms with Gasteiger partial charge in [-0.05, 0) is 19.8 Å². The minimum atomic E-state index is -0.419. The molecule has 1 heterocycles. The van der Waals surface area contributed by atoms with Gasteiger partial charge in [-0.1, -0.05) is 0 Å². The molecule has 0 radical (unpaired) electrons. The van der Waals surface area contributed by atoms with Gasteiger partial charge >= 0.3 is 6.09 Å². The van der Waals surface area contributed by atoms with Crippen LogP contribution >= 0.6 is 0 Å². The minimum absolute atomic E-state index is 0.109. The molecular weight excluding hydrogens is 260 g/mol. The van der Waals surface area contributed by atoms with Crippen LogP contribution in [0.1, 0.15) is 19.8 Å². The Hall–Kier alpha value is -2.28. The lowest BCUT2D eigenvalue weighted by molar-refractivity contribution is -0.135. The SMILES string of the molecule is CCOC(=O)N1CCCC(C(=O)N(CC#N)CC#N)C1. The smallest absolute Gasteiger partial charge is 0.409 e. The van der Waals surface area contributed by atoms with Gasteiger partial charge in [0.05, 0.1) is 24.7 Å². The van der Waals surface area contributed by atoms with Gasteiger partial charge in [-0.2, -0.15) is 10.5 Å². The monoisotopic (exact) mass is 278 g/mol. The molecule has 108 valence electrons. The lowest BCUT2D eigenvalue weighted by atomic mass is 9.97. The van der Waals surface area contributed by atoms with Crippen LogP contribution in [0.15, 0.2) is 0 Å². The van der Waals surface area contributed by atoms with E-state index < -0.39 is 6.09 Å². The third-order valence-corrected chi connectivity index (χ3v) is 3.13. The topological polar surface area (TPSA) is 97.4 Å². The number of carbonyl (C=O) groups excluding carboxylic acids is 2. The van der Waals surface area contributed by atoms with Crippen LogP contribution in [0.25, 0.3) is 0 Å². The van der Waals surface area contributed by atoms with Gasteiger partial charge in [0.15, 0.2) is 0 Å². The Balaban J connectivity index is 2.66. The van der Waals surface area contributed by atoms with Crippen LogP contribution in [0.5, 0.6) is 0 Å². The summed E-state index contributed by atoms with van der Waals surface area (Å²) in [6, 6.07) is 3.75. The molecule has 1 aliphatic heterocycles. The van der Waals surface area contributed by atoms with E-state index in [1.807, 2.05) is 12.1 Å². The van der Waals surface area contributed by atoms with E-state index in [0.717, 1.165) is 0 Å². The predicted octanol–water partition coefficient (Wildman–Crippen LogP) is 0.731. The molecule has 1 rings (SSSR count). The Kier molecular flexibility index (Phi) is 6.31. The summed E-state index contributed by atoms with van der Waals surface area (Å²) in [4.78, 5) is 26.6. The van der Waals surface area contributed by atoms with Crippen LogP contribution < -0.4 is 0 Å². The maximum absolute atomic E-state index is 12.2. The summed E-state index contributed by atoms with van der Waals surface area (Å²) >= 11 is 0. The van der Waals surface area contributed by atoms with Gasteiger partial charge in [-0.3, -0.25) is 4.79 Å². The number of nitriles is 2. The molecule has 0 aliphatic carbocycles. The molecule has 1 saturated heterocycles. The summed E-state index contributed by atoms with van der Waals surface area (Å²) in [6.07, 6.45) is 0.946. The zero-order chi connectivity index (χ0) is 15.0. The number of rotatable bonds is 4. The van der Waals surface area contributed by atoms with Crippen LogP contribution in [0.4, 0.5) is 4.79 Å². The fourth-order valence-electron chi connectivity index (χ4n) is 2.20. The summed E-state index contributed by atoms with van der Waals surface area (Å²) < 4.78 is 4.92. The first kappa shape index (κ1) is 15.8. The summed E-state index contributed by atoms with van der Waals surface area (Å²) in [5.74, 6) is -0.614. The number of nitrogens with zero attached hydrogens (tertiary/aromatic N) is 4. The molecule has 7 nitrogen and oxygen atoms in total. The minimum Gasteiger partial charge on any atom is -0.450 e. The van der Waals surface area contributed by atoms with Crippen molar-refractivity contribution >= 4 is 12.0 Å². The molecule has 0 aromatic heterocycles. The van der Waals surface area contributed by atoms with Crippen LogP contribution in [0.2, 0.25) is 0 Å². The van der Waals surface area contributed by atoms with E-state index in [1.165, 1.54) is 9.80 Å². The summed E-state index contributed by atoms with van der Waals surface area (Å²) in [6.45, 7) is 2.66. The maximum atomic E-state index is 12.2.